The molecule has 0 saturated heterocycles. The molecule has 0 bridgehead atoms. The third kappa shape index (κ3) is 4.97. The number of aromatic nitrogens is 4. The van der Waals surface area contributed by atoms with Gasteiger partial charge in [-0.3, -0.25) is 14.3 Å². The summed E-state index contributed by atoms with van der Waals surface area (Å²) in [5.41, 5.74) is 2.83. The van der Waals surface area contributed by atoms with E-state index in [0.29, 0.717) is 17.5 Å². The van der Waals surface area contributed by atoms with Crippen molar-refractivity contribution < 1.29 is 9.53 Å². The summed E-state index contributed by atoms with van der Waals surface area (Å²) in [5.74, 6) is 1.42. The Balaban J connectivity index is 1.51. The number of rotatable bonds is 8. The highest BCUT2D eigenvalue weighted by Crippen LogP contribution is 2.30. The lowest BCUT2D eigenvalue weighted by Gasteiger charge is -2.14. The van der Waals surface area contributed by atoms with Gasteiger partial charge in [-0.15, -0.1) is 10.2 Å². The van der Waals surface area contributed by atoms with Crippen LogP contribution < -0.4 is 10.1 Å². The number of ether oxygens (including phenoxy) is 1. The van der Waals surface area contributed by atoms with Gasteiger partial charge in [-0.2, -0.15) is 0 Å². The summed E-state index contributed by atoms with van der Waals surface area (Å²) in [6, 6.07) is 21.3. The molecule has 7 nitrogen and oxygen atoms in total. The number of para-hydroxylation sites is 1. The summed E-state index contributed by atoms with van der Waals surface area (Å²) in [6.07, 6.45) is 3.45. The Hall–Kier alpha value is -3.65. The van der Waals surface area contributed by atoms with Crippen molar-refractivity contribution in [3.63, 3.8) is 0 Å². The number of hydrogen-bond donors (Lipinski definition) is 1. The molecule has 1 amide bonds. The van der Waals surface area contributed by atoms with E-state index in [9.17, 15) is 4.79 Å². The largest absolute Gasteiger partial charge is 0.497 e. The minimum absolute atomic E-state index is 0.0705. The van der Waals surface area contributed by atoms with Gasteiger partial charge in [0.1, 0.15) is 5.75 Å². The van der Waals surface area contributed by atoms with E-state index in [0.717, 1.165) is 22.6 Å². The van der Waals surface area contributed by atoms with Crippen LogP contribution in [0.25, 0.3) is 17.1 Å². The summed E-state index contributed by atoms with van der Waals surface area (Å²) in [4.78, 5) is 16.8. The van der Waals surface area contributed by atoms with E-state index in [2.05, 4.69) is 20.5 Å². The Morgan fingerprint density at radius 2 is 1.75 bits per heavy atom. The number of methoxy groups -OCH3 is 1. The molecule has 2 heterocycles. The normalized spacial score (nSPS) is 11.7. The molecule has 4 aromatic rings. The van der Waals surface area contributed by atoms with Gasteiger partial charge in [0.2, 0.25) is 5.91 Å². The number of nitrogens with one attached hydrogen (secondary N) is 1. The second-order valence-electron chi connectivity index (χ2n) is 7.04. The van der Waals surface area contributed by atoms with Gasteiger partial charge < -0.3 is 10.1 Å². The van der Waals surface area contributed by atoms with Crippen LogP contribution in [0.15, 0.2) is 84.3 Å². The third-order valence-electron chi connectivity index (χ3n) is 4.86. The minimum Gasteiger partial charge on any atom is -0.497 e. The van der Waals surface area contributed by atoms with Crippen LogP contribution in [0.1, 0.15) is 12.5 Å². The van der Waals surface area contributed by atoms with E-state index < -0.39 is 0 Å². The van der Waals surface area contributed by atoms with Crippen molar-refractivity contribution in [3.8, 4) is 22.8 Å². The predicted octanol–water partition coefficient (Wildman–Crippen LogP) is 4.13. The Morgan fingerprint density at radius 3 is 2.44 bits per heavy atom. The van der Waals surface area contributed by atoms with Gasteiger partial charge in [0.25, 0.3) is 0 Å². The quantitative estimate of drug-likeness (QED) is 0.411. The smallest absolute Gasteiger partial charge is 0.233 e. The molecule has 8 heteroatoms. The van der Waals surface area contributed by atoms with Crippen molar-refractivity contribution in [2.24, 2.45) is 0 Å². The lowest BCUT2D eigenvalue weighted by Crippen LogP contribution is -2.30. The SMILES string of the molecule is COc1ccc(CNC(=O)C(C)Sc2nnc(-c3ccncc3)n2-c2ccccc2)cc1. The molecule has 0 radical (unpaired) electrons. The minimum atomic E-state index is -0.356. The highest BCUT2D eigenvalue weighted by atomic mass is 32.2. The molecule has 2 aromatic carbocycles. The molecular formula is C24H23N5O2S. The third-order valence-corrected chi connectivity index (χ3v) is 5.91. The molecule has 1 atom stereocenters. The first-order valence-corrected chi connectivity index (χ1v) is 11.0. The van der Waals surface area contributed by atoms with Crippen molar-refractivity contribution in [2.75, 3.05) is 7.11 Å². The lowest BCUT2D eigenvalue weighted by atomic mass is 10.2. The zero-order valence-corrected chi connectivity index (χ0v) is 18.6. The van der Waals surface area contributed by atoms with Crippen LogP contribution >= 0.6 is 11.8 Å². The topological polar surface area (TPSA) is 81.9 Å². The summed E-state index contributed by atoms with van der Waals surface area (Å²) in [7, 11) is 1.63. The molecule has 0 aliphatic heterocycles. The predicted molar refractivity (Wildman–Crippen MR) is 125 cm³/mol. The summed E-state index contributed by atoms with van der Waals surface area (Å²) in [6.45, 7) is 2.31. The van der Waals surface area contributed by atoms with Gasteiger partial charge in [0, 0.05) is 30.2 Å². The summed E-state index contributed by atoms with van der Waals surface area (Å²) < 4.78 is 7.14. The molecule has 162 valence electrons. The maximum Gasteiger partial charge on any atom is 0.233 e. The fourth-order valence-corrected chi connectivity index (χ4v) is 4.02. The first-order valence-electron chi connectivity index (χ1n) is 10.1. The molecule has 0 spiro atoms. The molecule has 0 aliphatic rings. The number of amides is 1. The van der Waals surface area contributed by atoms with Gasteiger partial charge in [-0.1, -0.05) is 42.1 Å². The average molecular weight is 446 g/mol. The van der Waals surface area contributed by atoms with Crippen LogP contribution in [0.4, 0.5) is 0 Å². The Morgan fingerprint density at radius 1 is 1.03 bits per heavy atom. The number of pyridine rings is 1. The molecule has 4 rings (SSSR count). The van der Waals surface area contributed by atoms with Gasteiger partial charge in [-0.05, 0) is 48.9 Å². The average Bonchev–Trinajstić information content (AvgIpc) is 3.27. The number of nitrogens with zero attached hydrogens (tertiary/aromatic N) is 4. The monoisotopic (exact) mass is 445 g/mol. The van der Waals surface area contributed by atoms with Gasteiger partial charge in [0.15, 0.2) is 11.0 Å². The van der Waals surface area contributed by atoms with E-state index in [4.69, 9.17) is 4.74 Å². The summed E-state index contributed by atoms with van der Waals surface area (Å²) >= 11 is 1.37. The Bertz CT molecular complexity index is 1160. The Labute approximate surface area is 190 Å². The van der Waals surface area contributed by atoms with Crippen LogP contribution in [0.3, 0.4) is 0 Å². The van der Waals surface area contributed by atoms with Crippen molar-refractivity contribution in [3.05, 3.63) is 84.7 Å². The zero-order chi connectivity index (χ0) is 22.3. The molecule has 0 fully saturated rings. The summed E-state index contributed by atoms with van der Waals surface area (Å²) in [5, 5.41) is 12.1. The number of hydrogen-bond acceptors (Lipinski definition) is 6. The number of benzene rings is 2. The van der Waals surface area contributed by atoms with Gasteiger partial charge in [-0.25, -0.2) is 0 Å². The fraction of sp³-hybridized carbons (Fsp3) is 0.167. The maximum absolute atomic E-state index is 12.7. The zero-order valence-electron chi connectivity index (χ0n) is 17.8. The van der Waals surface area contributed by atoms with E-state index >= 15 is 0 Å². The van der Waals surface area contributed by atoms with Crippen LogP contribution in [0.5, 0.6) is 5.75 Å². The first-order chi connectivity index (χ1) is 15.7. The van der Waals surface area contributed by atoms with E-state index in [1.165, 1.54) is 11.8 Å². The molecule has 0 saturated carbocycles. The van der Waals surface area contributed by atoms with Crippen molar-refractivity contribution >= 4 is 17.7 Å². The van der Waals surface area contributed by atoms with Crippen LogP contribution in [0, 0.1) is 0 Å². The number of carbonyl (C=O) groups excluding carboxylic acids is 1. The van der Waals surface area contributed by atoms with E-state index in [-0.39, 0.29) is 11.2 Å². The molecular weight excluding hydrogens is 422 g/mol. The fourth-order valence-electron chi connectivity index (χ4n) is 3.13. The molecule has 2 aromatic heterocycles. The van der Waals surface area contributed by atoms with Crippen molar-refractivity contribution in [1.82, 2.24) is 25.1 Å². The molecule has 1 unspecified atom stereocenters. The molecule has 32 heavy (non-hydrogen) atoms. The molecule has 1 N–H and O–H groups in total. The molecule has 0 aliphatic carbocycles. The lowest BCUT2D eigenvalue weighted by molar-refractivity contribution is -0.120. The van der Waals surface area contributed by atoms with Crippen LogP contribution in [0.2, 0.25) is 0 Å². The van der Waals surface area contributed by atoms with E-state index in [1.807, 2.05) is 78.2 Å². The highest BCUT2D eigenvalue weighted by Gasteiger charge is 2.21. The number of thioether (sulfide) groups is 1. The van der Waals surface area contributed by atoms with Crippen LogP contribution in [-0.4, -0.2) is 38.0 Å². The highest BCUT2D eigenvalue weighted by molar-refractivity contribution is 8.00. The standard InChI is InChI=1S/C24H23N5O2S/c1-17(23(30)26-16-18-8-10-21(31-2)11-9-18)32-24-28-27-22(19-12-14-25-15-13-19)29(24)20-6-4-3-5-7-20/h3-15,17H,16H2,1-2H3,(H,26,30). The second kappa shape index (κ2) is 10.1. The van der Waals surface area contributed by atoms with Gasteiger partial charge >= 0.3 is 0 Å². The number of carbonyl (C=O) groups is 1. The second-order valence-corrected chi connectivity index (χ2v) is 8.35. The van der Waals surface area contributed by atoms with E-state index in [1.54, 1.807) is 19.5 Å². The van der Waals surface area contributed by atoms with Crippen molar-refractivity contribution in [1.29, 1.82) is 0 Å². The van der Waals surface area contributed by atoms with Crippen molar-refractivity contribution in [2.45, 2.75) is 23.9 Å². The van der Waals surface area contributed by atoms with Gasteiger partial charge in [0.05, 0.1) is 12.4 Å². The first kappa shape index (κ1) is 21.6. The maximum atomic E-state index is 12.7. The Kier molecular flexibility index (Phi) is 6.81. The van der Waals surface area contributed by atoms with Crippen LogP contribution in [-0.2, 0) is 11.3 Å².